The number of halogens is 1. The molecular weight excluding hydrogens is 596 g/mol. The first-order chi connectivity index (χ1) is 20.3. The number of carbonyl (C=O) groups is 2. The van der Waals surface area contributed by atoms with Crippen molar-refractivity contribution in [1.82, 2.24) is 20.2 Å². The molecule has 0 spiro atoms. The van der Waals surface area contributed by atoms with Gasteiger partial charge in [-0.15, -0.1) is 0 Å². The van der Waals surface area contributed by atoms with Gasteiger partial charge in [0.05, 0.1) is 33.8 Å². The molecule has 3 aromatic rings. The van der Waals surface area contributed by atoms with Gasteiger partial charge in [-0.2, -0.15) is 4.98 Å². The van der Waals surface area contributed by atoms with Crippen molar-refractivity contribution in [2.75, 3.05) is 17.2 Å². The minimum Gasteiger partial charge on any atom is -0.489 e. The molecule has 3 heterocycles. The molecule has 1 aromatic heterocycles. The number of aromatic nitrogens is 2. The van der Waals surface area contributed by atoms with Crippen LogP contribution in [0.3, 0.4) is 0 Å². The van der Waals surface area contributed by atoms with Crippen LogP contribution in [0.4, 0.5) is 23.1 Å². The Hall–Kier alpha value is -3.94. The predicted octanol–water partition coefficient (Wildman–Crippen LogP) is 4.36. The number of amides is 1. The highest BCUT2D eigenvalue weighted by Crippen LogP contribution is 2.38. The molecule has 2 atom stereocenters. The number of nitrogens with one attached hydrogen (secondary N) is 3. The maximum Gasteiger partial charge on any atom is 0.320 e. The zero-order chi connectivity index (χ0) is 31.1. The average molecular weight is 629 g/mol. The third-order valence-electron chi connectivity index (χ3n) is 7.30. The SMILES string of the molecule is CC(C)Oc1cc2c(cc1Nc1ncc(Cl)c(Nc3ccccc3S(=O)(=O)C(C)C)n1)C(=O)N([C@@H]1CN[C@H](C(=O)O)C1)C2. The number of ether oxygens (including phenoxy) is 1. The largest absolute Gasteiger partial charge is 0.489 e. The van der Waals surface area contributed by atoms with E-state index in [9.17, 15) is 23.1 Å². The Balaban J connectivity index is 1.44. The molecule has 2 aliphatic heterocycles. The summed E-state index contributed by atoms with van der Waals surface area (Å²) in [6.45, 7) is 7.72. The Bertz CT molecular complexity index is 1680. The first-order valence-corrected chi connectivity index (χ1v) is 15.8. The van der Waals surface area contributed by atoms with Gasteiger partial charge in [-0.05, 0) is 63.9 Å². The van der Waals surface area contributed by atoms with Crippen LogP contribution in [-0.2, 0) is 21.2 Å². The molecule has 0 unspecified atom stereocenters. The summed E-state index contributed by atoms with van der Waals surface area (Å²) >= 11 is 6.40. The number of aliphatic carboxylic acids is 1. The van der Waals surface area contributed by atoms with Crippen molar-refractivity contribution in [2.24, 2.45) is 0 Å². The van der Waals surface area contributed by atoms with E-state index in [1.54, 1.807) is 49.1 Å². The summed E-state index contributed by atoms with van der Waals surface area (Å²) in [4.78, 5) is 35.4. The van der Waals surface area contributed by atoms with Crippen LogP contribution in [0.15, 0.2) is 47.5 Å². The number of benzene rings is 2. The molecule has 43 heavy (non-hydrogen) atoms. The van der Waals surface area contributed by atoms with E-state index in [2.05, 4.69) is 25.9 Å². The van der Waals surface area contributed by atoms with Gasteiger partial charge in [0.2, 0.25) is 5.95 Å². The predicted molar refractivity (Wildman–Crippen MR) is 162 cm³/mol. The molecule has 228 valence electrons. The molecule has 12 nitrogen and oxygen atoms in total. The number of rotatable bonds is 10. The van der Waals surface area contributed by atoms with Crippen molar-refractivity contribution in [3.8, 4) is 5.75 Å². The summed E-state index contributed by atoms with van der Waals surface area (Å²) in [5.41, 5.74) is 2.01. The van der Waals surface area contributed by atoms with Gasteiger partial charge in [0.25, 0.3) is 5.91 Å². The highest BCUT2D eigenvalue weighted by molar-refractivity contribution is 7.92. The van der Waals surface area contributed by atoms with Crippen molar-refractivity contribution >= 4 is 56.5 Å². The fraction of sp³-hybridized carbons (Fsp3) is 0.379. The fourth-order valence-electron chi connectivity index (χ4n) is 5.08. The highest BCUT2D eigenvalue weighted by Gasteiger charge is 2.39. The molecule has 1 amide bonds. The van der Waals surface area contributed by atoms with E-state index in [0.717, 1.165) is 5.56 Å². The van der Waals surface area contributed by atoms with Crippen LogP contribution < -0.4 is 20.7 Å². The molecular formula is C29H33ClN6O6S. The maximum atomic E-state index is 13.4. The van der Waals surface area contributed by atoms with E-state index in [1.807, 2.05) is 13.8 Å². The lowest BCUT2D eigenvalue weighted by Crippen LogP contribution is -2.36. The maximum absolute atomic E-state index is 13.4. The second kappa shape index (κ2) is 12.0. The number of anilines is 4. The Labute approximate surface area is 254 Å². The lowest BCUT2D eigenvalue weighted by molar-refractivity contribution is -0.139. The molecule has 1 saturated heterocycles. The number of carboxylic acid groups (broad SMARTS) is 1. The van der Waals surface area contributed by atoms with Crippen molar-refractivity contribution in [1.29, 1.82) is 0 Å². The third-order valence-corrected chi connectivity index (χ3v) is 9.79. The van der Waals surface area contributed by atoms with E-state index in [4.69, 9.17) is 16.3 Å². The molecule has 2 aliphatic rings. The molecule has 0 saturated carbocycles. The monoisotopic (exact) mass is 628 g/mol. The molecule has 14 heteroatoms. The number of para-hydroxylation sites is 1. The number of carbonyl (C=O) groups excluding carboxylic acids is 1. The van der Waals surface area contributed by atoms with Crippen molar-refractivity contribution in [3.05, 3.63) is 58.7 Å². The summed E-state index contributed by atoms with van der Waals surface area (Å²) < 4.78 is 31.9. The van der Waals surface area contributed by atoms with Crippen LogP contribution in [0.2, 0.25) is 5.02 Å². The minimum absolute atomic E-state index is 0.121. The third kappa shape index (κ3) is 6.24. The quantitative estimate of drug-likeness (QED) is 0.252. The van der Waals surface area contributed by atoms with Gasteiger partial charge in [-0.1, -0.05) is 23.7 Å². The van der Waals surface area contributed by atoms with Crippen LogP contribution in [-0.4, -0.2) is 70.3 Å². The van der Waals surface area contributed by atoms with Crippen molar-refractivity contribution in [2.45, 2.75) is 69.0 Å². The summed E-state index contributed by atoms with van der Waals surface area (Å²) in [6.07, 6.45) is 1.53. The van der Waals surface area contributed by atoms with Gasteiger partial charge in [0, 0.05) is 24.7 Å². The Morgan fingerprint density at radius 3 is 2.58 bits per heavy atom. The highest BCUT2D eigenvalue weighted by atomic mass is 35.5. The summed E-state index contributed by atoms with van der Waals surface area (Å²) in [5, 5.41) is 18.0. The van der Waals surface area contributed by atoms with E-state index in [1.165, 1.54) is 12.3 Å². The van der Waals surface area contributed by atoms with E-state index in [-0.39, 0.29) is 39.7 Å². The van der Waals surface area contributed by atoms with Gasteiger partial charge >= 0.3 is 5.97 Å². The van der Waals surface area contributed by atoms with Gasteiger partial charge in [-0.25, -0.2) is 13.4 Å². The number of carboxylic acids is 1. The number of nitrogens with zero attached hydrogens (tertiary/aromatic N) is 3. The Morgan fingerprint density at radius 1 is 1.16 bits per heavy atom. The summed E-state index contributed by atoms with van der Waals surface area (Å²) in [5.74, 6) is -0.335. The molecule has 4 N–H and O–H groups in total. The van der Waals surface area contributed by atoms with Crippen LogP contribution in [0.25, 0.3) is 0 Å². The molecule has 1 fully saturated rings. The average Bonchev–Trinajstić information content (AvgIpc) is 3.56. The number of hydrogen-bond acceptors (Lipinski definition) is 10. The second-order valence-electron chi connectivity index (χ2n) is 11.0. The lowest BCUT2D eigenvalue weighted by Gasteiger charge is -2.22. The van der Waals surface area contributed by atoms with Crippen LogP contribution in [0.1, 0.15) is 50.0 Å². The molecule has 0 radical (unpaired) electrons. The Kier molecular flexibility index (Phi) is 8.50. The molecule has 0 aliphatic carbocycles. The first-order valence-electron chi connectivity index (χ1n) is 13.9. The van der Waals surface area contributed by atoms with Crippen LogP contribution in [0, 0.1) is 0 Å². The fourth-order valence-corrected chi connectivity index (χ4v) is 6.42. The normalized spacial score (nSPS) is 18.3. The van der Waals surface area contributed by atoms with Gasteiger partial charge in [-0.3, -0.25) is 9.59 Å². The molecule has 5 rings (SSSR count). The summed E-state index contributed by atoms with van der Waals surface area (Å²) in [7, 11) is -3.60. The van der Waals surface area contributed by atoms with Crippen molar-refractivity contribution in [3.63, 3.8) is 0 Å². The Morgan fingerprint density at radius 2 is 1.91 bits per heavy atom. The van der Waals surface area contributed by atoms with E-state index < -0.39 is 27.1 Å². The molecule has 2 aromatic carbocycles. The lowest BCUT2D eigenvalue weighted by atomic mass is 10.1. The van der Waals surface area contributed by atoms with Gasteiger partial charge < -0.3 is 30.7 Å². The zero-order valence-corrected chi connectivity index (χ0v) is 25.7. The van der Waals surface area contributed by atoms with Gasteiger partial charge in [0.15, 0.2) is 15.7 Å². The number of hydrogen-bond donors (Lipinski definition) is 4. The number of fused-ring (bicyclic) bond motifs is 1. The van der Waals surface area contributed by atoms with E-state index in [0.29, 0.717) is 42.2 Å². The molecule has 0 bridgehead atoms. The van der Waals surface area contributed by atoms with Gasteiger partial charge in [0.1, 0.15) is 16.8 Å². The van der Waals surface area contributed by atoms with Crippen LogP contribution >= 0.6 is 11.6 Å². The summed E-state index contributed by atoms with van der Waals surface area (Å²) in [6, 6.07) is 9.05. The second-order valence-corrected chi connectivity index (χ2v) is 13.9. The topological polar surface area (TPSA) is 163 Å². The standard InChI is InChI=1S/C29H33ClN6O6S/c1-15(2)42-24-9-17-14-36(18-10-23(28(38)39)31-12-18)27(37)19(17)11-22(24)34-29-32-13-20(30)26(35-29)33-21-7-5-6-8-25(21)43(40,41)16(3)4/h5-9,11,13,15-16,18,23,31H,10,12,14H2,1-4H3,(H,38,39)(H2,32,33,34,35)/t18-,23-/m0/s1. The van der Waals surface area contributed by atoms with Crippen LogP contribution in [0.5, 0.6) is 5.75 Å². The zero-order valence-electron chi connectivity index (χ0n) is 24.1. The van der Waals surface area contributed by atoms with E-state index >= 15 is 0 Å². The first kappa shape index (κ1) is 30.5. The smallest absolute Gasteiger partial charge is 0.320 e. The minimum atomic E-state index is -3.60. The number of sulfone groups is 1. The van der Waals surface area contributed by atoms with Crippen molar-refractivity contribution < 1.29 is 27.9 Å².